The van der Waals surface area contributed by atoms with Crippen molar-refractivity contribution in [2.75, 3.05) is 0 Å². The minimum absolute atomic E-state index is 0.0301. The van der Waals surface area contributed by atoms with Gasteiger partial charge in [-0.1, -0.05) is 13.8 Å². The van der Waals surface area contributed by atoms with Crippen LogP contribution in [0.4, 0.5) is 0 Å². The lowest BCUT2D eigenvalue weighted by atomic mass is 9.96. The van der Waals surface area contributed by atoms with Crippen LogP contribution >= 0.6 is 0 Å². The summed E-state index contributed by atoms with van der Waals surface area (Å²) in [4.78, 5) is 8.12. The SMILES string of the molecule is [C-]#[N+]C1C=CC(C)=NC1CCC(C)C. The highest BCUT2D eigenvalue weighted by Crippen LogP contribution is 2.18. The molecule has 1 aliphatic heterocycles. The van der Waals surface area contributed by atoms with Gasteiger partial charge in [-0.05, 0) is 31.8 Å². The number of hydrogen-bond acceptors (Lipinski definition) is 1. The molecule has 1 rings (SSSR count). The maximum absolute atomic E-state index is 7.08. The molecule has 0 aromatic rings. The van der Waals surface area contributed by atoms with Crippen molar-refractivity contribution >= 4 is 5.71 Å². The van der Waals surface area contributed by atoms with Gasteiger partial charge in [-0.25, -0.2) is 6.57 Å². The van der Waals surface area contributed by atoms with Crippen LogP contribution in [0.1, 0.15) is 33.6 Å². The molecule has 0 saturated carbocycles. The summed E-state index contributed by atoms with van der Waals surface area (Å²) < 4.78 is 0. The van der Waals surface area contributed by atoms with E-state index in [1.165, 1.54) is 0 Å². The van der Waals surface area contributed by atoms with Crippen LogP contribution in [-0.2, 0) is 0 Å². The van der Waals surface area contributed by atoms with E-state index in [0.717, 1.165) is 18.6 Å². The van der Waals surface area contributed by atoms with E-state index in [4.69, 9.17) is 6.57 Å². The van der Waals surface area contributed by atoms with E-state index < -0.39 is 0 Å². The van der Waals surface area contributed by atoms with E-state index in [9.17, 15) is 0 Å². The van der Waals surface area contributed by atoms with Gasteiger partial charge < -0.3 is 4.85 Å². The Balaban J connectivity index is 2.57. The third-order valence-corrected chi connectivity index (χ3v) is 2.49. The molecule has 0 amide bonds. The summed E-state index contributed by atoms with van der Waals surface area (Å²) in [5.41, 5.74) is 1.05. The number of dihydropyridines is 1. The Kier molecular flexibility index (Phi) is 3.88. The van der Waals surface area contributed by atoms with Crippen molar-refractivity contribution in [3.63, 3.8) is 0 Å². The van der Waals surface area contributed by atoms with Crippen LogP contribution in [0, 0.1) is 12.5 Å². The second-order valence-corrected chi connectivity index (χ2v) is 4.29. The zero-order chi connectivity index (χ0) is 10.6. The topological polar surface area (TPSA) is 16.7 Å². The fraction of sp³-hybridized carbons (Fsp3) is 0.667. The van der Waals surface area contributed by atoms with Gasteiger partial charge in [0.25, 0.3) is 6.04 Å². The van der Waals surface area contributed by atoms with Gasteiger partial charge in [0.1, 0.15) is 6.04 Å². The fourth-order valence-electron chi connectivity index (χ4n) is 1.62. The molecule has 76 valence electrons. The molecular weight excluding hydrogens is 172 g/mol. The van der Waals surface area contributed by atoms with Crippen LogP contribution < -0.4 is 0 Å². The Morgan fingerprint density at radius 1 is 1.57 bits per heavy atom. The van der Waals surface area contributed by atoms with Crippen molar-refractivity contribution < 1.29 is 0 Å². The minimum atomic E-state index is -0.0301. The zero-order valence-corrected chi connectivity index (χ0v) is 9.20. The highest BCUT2D eigenvalue weighted by atomic mass is 14.9. The fourth-order valence-corrected chi connectivity index (χ4v) is 1.62. The maximum Gasteiger partial charge on any atom is 0.264 e. The third kappa shape index (κ3) is 2.99. The smallest absolute Gasteiger partial charge is 0.264 e. The first-order chi connectivity index (χ1) is 6.63. The largest absolute Gasteiger partial charge is 0.307 e. The van der Waals surface area contributed by atoms with Crippen molar-refractivity contribution in [2.24, 2.45) is 10.9 Å². The molecule has 0 radical (unpaired) electrons. The summed E-state index contributed by atoms with van der Waals surface area (Å²) in [5, 5.41) is 0. The molecular formula is C12H18N2. The van der Waals surface area contributed by atoms with Crippen LogP contribution in [0.15, 0.2) is 17.1 Å². The molecule has 2 atom stereocenters. The van der Waals surface area contributed by atoms with Crippen molar-refractivity contribution in [1.82, 2.24) is 0 Å². The molecule has 0 N–H and O–H groups in total. The van der Waals surface area contributed by atoms with Crippen molar-refractivity contribution in [3.8, 4) is 0 Å². The van der Waals surface area contributed by atoms with Gasteiger partial charge in [-0.2, -0.15) is 0 Å². The molecule has 0 spiro atoms. The van der Waals surface area contributed by atoms with Crippen LogP contribution in [0.3, 0.4) is 0 Å². The number of allylic oxidation sites excluding steroid dienone is 1. The van der Waals surface area contributed by atoms with E-state index >= 15 is 0 Å². The van der Waals surface area contributed by atoms with Gasteiger partial charge >= 0.3 is 0 Å². The van der Waals surface area contributed by atoms with Crippen LogP contribution in [-0.4, -0.2) is 17.8 Å². The molecule has 1 aliphatic rings. The van der Waals surface area contributed by atoms with Gasteiger partial charge in [0.15, 0.2) is 0 Å². The molecule has 0 aromatic carbocycles. The van der Waals surface area contributed by atoms with Gasteiger partial charge in [-0.15, -0.1) is 0 Å². The summed E-state index contributed by atoms with van der Waals surface area (Å²) in [6.45, 7) is 13.5. The second-order valence-electron chi connectivity index (χ2n) is 4.29. The molecule has 0 saturated heterocycles. The third-order valence-electron chi connectivity index (χ3n) is 2.49. The Morgan fingerprint density at radius 2 is 2.29 bits per heavy atom. The standard InChI is InChI=1S/C12H18N2/c1-9(2)5-7-12-11(13-4)8-6-10(3)14-12/h6,8-9,11-12H,5,7H2,1-3H3. The number of hydrogen-bond donors (Lipinski definition) is 0. The lowest BCUT2D eigenvalue weighted by Crippen LogP contribution is -2.24. The molecule has 2 nitrogen and oxygen atoms in total. The molecule has 2 unspecified atom stereocenters. The molecule has 0 bridgehead atoms. The highest BCUT2D eigenvalue weighted by molar-refractivity contribution is 5.93. The quantitative estimate of drug-likeness (QED) is 0.608. The van der Waals surface area contributed by atoms with E-state index in [2.05, 4.69) is 23.7 Å². The monoisotopic (exact) mass is 190 g/mol. The second kappa shape index (κ2) is 4.95. The maximum atomic E-state index is 7.08. The van der Waals surface area contributed by atoms with Gasteiger partial charge in [0.05, 0.1) is 0 Å². The van der Waals surface area contributed by atoms with Gasteiger partial charge in [-0.3, -0.25) is 4.99 Å². The Bertz CT molecular complexity index is 281. The van der Waals surface area contributed by atoms with E-state index in [-0.39, 0.29) is 12.1 Å². The van der Waals surface area contributed by atoms with Crippen molar-refractivity contribution in [3.05, 3.63) is 23.6 Å². The van der Waals surface area contributed by atoms with E-state index in [1.54, 1.807) is 0 Å². The first kappa shape index (κ1) is 11.0. The Labute approximate surface area is 86.6 Å². The molecule has 0 aromatic heterocycles. The average molecular weight is 190 g/mol. The zero-order valence-electron chi connectivity index (χ0n) is 9.20. The number of nitrogens with zero attached hydrogens (tertiary/aromatic N) is 2. The number of aliphatic imine (C=N–C) groups is 1. The normalized spacial score (nSPS) is 26.1. The Hall–Kier alpha value is -1.10. The van der Waals surface area contributed by atoms with Gasteiger partial charge in [0, 0.05) is 11.8 Å². The van der Waals surface area contributed by atoms with Crippen molar-refractivity contribution in [1.29, 1.82) is 0 Å². The van der Waals surface area contributed by atoms with Gasteiger partial charge in [0.2, 0.25) is 0 Å². The molecule has 2 heteroatoms. The van der Waals surface area contributed by atoms with Crippen LogP contribution in [0.25, 0.3) is 4.85 Å². The molecule has 0 aliphatic carbocycles. The molecule has 1 heterocycles. The van der Waals surface area contributed by atoms with Crippen LogP contribution in [0.2, 0.25) is 0 Å². The molecule has 14 heavy (non-hydrogen) atoms. The number of rotatable bonds is 3. The minimum Gasteiger partial charge on any atom is -0.307 e. The predicted octanol–water partition coefficient (Wildman–Crippen LogP) is 3.11. The summed E-state index contributed by atoms with van der Waals surface area (Å²) in [6.07, 6.45) is 6.13. The van der Waals surface area contributed by atoms with E-state index in [0.29, 0.717) is 5.92 Å². The van der Waals surface area contributed by atoms with E-state index in [1.807, 2.05) is 19.1 Å². The average Bonchev–Trinajstić information content (AvgIpc) is 2.15. The first-order valence-electron chi connectivity index (χ1n) is 5.22. The van der Waals surface area contributed by atoms with Crippen LogP contribution in [0.5, 0.6) is 0 Å². The first-order valence-corrected chi connectivity index (χ1v) is 5.22. The predicted molar refractivity (Wildman–Crippen MR) is 60.5 cm³/mol. The summed E-state index contributed by atoms with van der Waals surface area (Å²) in [7, 11) is 0. The lowest BCUT2D eigenvalue weighted by Gasteiger charge is -2.17. The Morgan fingerprint density at radius 3 is 2.86 bits per heavy atom. The lowest BCUT2D eigenvalue weighted by molar-refractivity contribution is 0.489. The summed E-state index contributed by atoms with van der Waals surface area (Å²) >= 11 is 0. The molecule has 0 fully saturated rings. The summed E-state index contributed by atoms with van der Waals surface area (Å²) in [6, 6.07) is 0.164. The summed E-state index contributed by atoms with van der Waals surface area (Å²) in [5.74, 6) is 0.697. The highest BCUT2D eigenvalue weighted by Gasteiger charge is 2.25. The van der Waals surface area contributed by atoms with Crippen molar-refractivity contribution in [2.45, 2.75) is 45.7 Å².